The molecule has 3 nitrogen and oxygen atoms in total. The van der Waals surface area contributed by atoms with Gasteiger partial charge in [0.1, 0.15) is 10.1 Å². The van der Waals surface area contributed by atoms with Crippen LogP contribution in [0.2, 0.25) is 5.02 Å². The van der Waals surface area contributed by atoms with Crippen LogP contribution in [0.4, 0.5) is 0 Å². The third-order valence-corrected chi connectivity index (χ3v) is 2.63. The first-order chi connectivity index (χ1) is 6.22. The molecule has 2 aromatic rings. The van der Waals surface area contributed by atoms with Gasteiger partial charge in [0.2, 0.25) is 0 Å². The van der Waals surface area contributed by atoms with Crippen molar-refractivity contribution in [2.24, 2.45) is 0 Å². The van der Waals surface area contributed by atoms with E-state index in [9.17, 15) is 0 Å². The van der Waals surface area contributed by atoms with Crippen molar-refractivity contribution in [1.82, 2.24) is 9.97 Å². The number of nitrogens with one attached hydrogen (secondary N) is 1. The molecule has 2 aromatic heterocycles. The summed E-state index contributed by atoms with van der Waals surface area (Å²) in [7, 11) is 0. The van der Waals surface area contributed by atoms with E-state index in [0.29, 0.717) is 16.2 Å². The van der Waals surface area contributed by atoms with E-state index in [2.05, 4.69) is 25.9 Å². The van der Waals surface area contributed by atoms with Crippen molar-refractivity contribution in [2.45, 2.75) is 6.61 Å². The lowest BCUT2D eigenvalue weighted by atomic mass is 10.4. The molecule has 5 heteroatoms. The number of pyridine rings is 1. The number of hydrogen-bond donors (Lipinski definition) is 2. The third kappa shape index (κ3) is 1.45. The summed E-state index contributed by atoms with van der Waals surface area (Å²) < 4.78 is 0.727. The highest BCUT2D eigenvalue weighted by Gasteiger charge is 2.09. The number of aromatic nitrogens is 2. The van der Waals surface area contributed by atoms with Crippen LogP contribution in [0.5, 0.6) is 0 Å². The molecule has 2 rings (SSSR count). The summed E-state index contributed by atoms with van der Waals surface area (Å²) in [5, 5.41) is 9.42. The maximum absolute atomic E-state index is 8.93. The van der Waals surface area contributed by atoms with Crippen LogP contribution in [0.1, 0.15) is 5.69 Å². The fraction of sp³-hybridized carbons (Fsp3) is 0.125. The molecular formula is C8H6BrClN2O. The van der Waals surface area contributed by atoms with Gasteiger partial charge in [0.15, 0.2) is 0 Å². The monoisotopic (exact) mass is 260 g/mol. The quantitative estimate of drug-likeness (QED) is 0.775. The number of fused-ring (bicyclic) bond motifs is 1. The Kier molecular flexibility index (Phi) is 2.27. The topological polar surface area (TPSA) is 48.9 Å². The van der Waals surface area contributed by atoms with Gasteiger partial charge in [-0.1, -0.05) is 11.6 Å². The molecule has 0 radical (unpaired) electrons. The molecular weight excluding hydrogens is 255 g/mol. The Morgan fingerprint density at radius 2 is 2.31 bits per heavy atom. The van der Waals surface area contributed by atoms with Crippen molar-refractivity contribution in [3.05, 3.63) is 27.5 Å². The second-order valence-corrected chi connectivity index (χ2v) is 3.80. The van der Waals surface area contributed by atoms with Crippen molar-refractivity contribution in [1.29, 1.82) is 0 Å². The molecule has 2 N–H and O–H groups in total. The van der Waals surface area contributed by atoms with Gasteiger partial charge in [0.05, 0.1) is 22.8 Å². The lowest BCUT2D eigenvalue weighted by molar-refractivity contribution is 0.278. The van der Waals surface area contributed by atoms with E-state index in [1.165, 1.54) is 0 Å². The molecule has 0 aromatic carbocycles. The molecule has 0 fully saturated rings. The lowest BCUT2D eigenvalue weighted by Crippen LogP contribution is -1.81. The lowest BCUT2D eigenvalue weighted by Gasteiger charge is -1.90. The Balaban J connectivity index is 2.77. The molecule has 0 aliphatic heterocycles. The Labute approximate surface area is 87.9 Å². The first-order valence-electron chi connectivity index (χ1n) is 3.66. The zero-order chi connectivity index (χ0) is 9.42. The van der Waals surface area contributed by atoms with Crippen LogP contribution in [-0.2, 0) is 6.61 Å². The fourth-order valence-electron chi connectivity index (χ4n) is 1.17. The van der Waals surface area contributed by atoms with Crippen LogP contribution >= 0.6 is 27.5 Å². The number of aromatic amines is 1. The van der Waals surface area contributed by atoms with Crippen LogP contribution in [0, 0.1) is 0 Å². The number of halogens is 2. The molecule has 0 unspecified atom stereocenters. The molecule has 2 heterocycles. The van der Waals surface area contributed by atoms with Gasteiger partial charge in [0.25, 0.3) is 0 Å². The summed E-state index contributed by atoms with van der Waals surface area (Å²) >= 11 is 9.21. The summed E-state index contributed by atoms with van der Waals surface area (Å²) in [6.07, 6.45) is 0. The van der Waals surface area contributed by atoms with Gasteiger partial charge in [-0.25, -0.2) is 4.98 Å². The average Bonchev–Trinajstić information content (AvgIpc) is 2.44. The Morgan fingerprint density at radius 3 is 3.00 bits per heavy atom. The second kappa shape index (κ2) is 3.29. The van der Waals surface area contributed by atoms with Crippen LogP contribution in [0.15, 0.2) is 16.7 Å². The third-order valence-electron chi connectivity index (χ3n) is 1.78. The summed E-state index contributed by atoms with van der Waals surface area (Å²) in [5.74, 6) is 0. The largest absolute Gasteiger partial charge is 0.390 e. The maximum Gasteiger partial charge on any atom is 0.108 e. The van der Waals surface area contributed by atoms with E-state index in [-0.39, 0.29) is 6.61 Å². The van der Waals surface area contributed by atoms with E-state index in [1.807, 2.05) is 12.1 Å². The van der Waals surface area contributed by atoms with Crippen LogP contribution < -0.4 is 0 Å². The van der Waals surface area contributed by atoms with E-state index in [0.717, 1.165) is 10.1 Å². The molecule has 0 saturated heterocycles. The van der Waals surface area contributed by atoms with Gasteiger partial charge in [-0.05, 0) is 28.1 Å². The summed E-state index contributed by atoms with van der Waals surface area (Å²) in [6.45, 7) is -0.104. The predicted octanol–water partition coefficient (Wildman–Crippen LogP) is 2.47. The number of aliphatic hydroxyl groups excluding tert-OH is 1. The fourth-order valence-corrected chi connectivity index (χ4v) is 1.73. The smallest absolute Gasteiger partial charge is 0.108 e. The number of H-pyrrole nitrogens is 1. The number of aliphatic hydroxyl groups is 1. The van der Waals surface area contributed by atoms with Gasteiger partial charge < -0.3 is 10.1 Å². The SMILES string of the molecule is OCc1[nH]c2ccc(Br)nc2c1Cl. The normalized spacial score (nSPS) is 11.0. The summed E-state index contributed by atoms with van der Waals surface area (Å²) in [5.41, 5.74) is 2.11. The Hall–Kier alpha value is -0.580. The second-order valence-electron chi connectivity index (χ2n) is 2.61. The molecule has 0 amide bonds. The molecule has 13 heavy (non-hydrogen) atoms. The molecule has 0 bridgehead atoms. The number of hydrogen-bond acceptors (Lipinski definition) is 2. The van der Waals surface area contributed by atoms with Gasteiger partial charge in [0, 0.05) is 0 Å². The summed E-state index contributed by atoms with van der Waals surface area (Å²) in [4.78, 5) is 7.16. The molecule has 0 aliphatic rings. The molecule has 0 spiro atoms. The van der Waals surface area contributed by atoms with Crippen molar-refractivity contribution in [2.75, 3.05) is 0 Å². The van der Waals surface area contributed by atoms with Crippen LogP contribution in [0.3, 0.4) is 0 Å². The van der Waals surface area contributed by atoms with Crippen LogP contribution in [0.25, 0.3) is 11.0 Å². The van der Waals surface area contributed by atoms with Crippen LogP contribution in [-0.4, -0.2) is 15.1 Å². The Bertz CT molecular complexity index is 455. The highest BCUT2D eigenvalue weighted by molar-refractivity contribution is 9.10. The molecule has 0 saturated carbocycles. The number of nitrogens with zero attached hydrogens (tertiary/aromatic N) is 1. The van der Waals surface area contributed by atoms with Gasteiger partial charge in [-0.3, -0.25) is 0 Å². The van der Waals surface area contributed by atoms with Crippen molar-refractivity contribution in [3.8, 4) is 0 Å². The summed E-state index contributed by atoms with van der Waals surface area (Å²) in [6, 6.07) is 3.67. The molecule has 0 aliphatic carbocycles. The minimum atomic E-state index is -0.104. The van der Waals surface area contributed by atoms with E-state index in [1.54, 1.807) is 0 Å². The Morgan fingerprint density at radius 1 is 1.54 bits per heavy atom. The minimum Gasteiger partial charge on any atom is -0.390 e. The highest BCUT2D eigenvalue weighted by atomic mass is 79.9. The number of rotatable bonds is 1. The molecule has 68 valence electrons. The minimum absolute atomic E-state index is 0.104. The van der Waals surface area contributed by atoms with Crippen molar-refractivity contribution in [3.63, 3.8) is 0 Å². The zero-order valence-corrected chi connectivity index (χ0v) is 8.85. The highest BCUT2D eigenvalue weighted by Crippen LogP contribution is 2.26. The maximum atomic E-state index is 8.93. The average molecular weight is 262 g/mol. The van der Waals surface area contributed by atoms with Crippen molar-refractivity contribution >= 4 is 38.6 Å². The van der Waals surface area contributed by atoms with Gasteiger partial charge >= 0.3 is 0 Å². The van der Waals surface area contributed by atoms with E-state index >= 15 is 0 Å². The molecule has 0 atom stereocenters. The van der Waals surface area contributed by atoms with E-state index in [4.69, 9.17) is 16.7 Å². The standard InChI is InChI=1S/C8H6BrClN2O/c9-6-2-1-4-8(12-6)7(10)5(3-13)11-4/h1-2,11,13H,3H2. The first kappa shape index (κ1) is 8.99. The predicted molar refractivity (Wildman–Crippen MR) is 54.7 cm³/mol. The van der Waals surface area contributed by atoms with E-state index < -0.39 is 0 Å². The van der Waals surface area contributed by atoms with Gasteiger partial charge in [-0.2, -0.15) is 0 Å². The van der Waals surface area contributed by atoms with Gasteiger partial charge in [-0.15, -0.1) is 0 Å². The first-order valence-corrected chi connectivity index (χ1v) is 4.83. The van der Waals surface area contributed by atoms with Crippen molar-refractivity contribution < 1.29 is 5.11 Å². The zero-order valence-electron chi connectivity index (χ0n) is 6.51.